The lowest BCUT2D eigenvalue weighted by Crippen LogP contribution is -2.20. The normalized spacial score (nSPS) is 27.4. The van der Waals surface area contributed by atoms with Crippen molar-refractivity contribution in [2.24, 2.45) is 5.92 Å². The average Bonchev–Trinajstić information content (AvgIpc) is 2.42. The van der Waals surface area contributed by atoms with Gasteiger partial charge in [0.05, 0.1) is 0 Å². The summed E-state index contributed by atoms with van der Waals surface area (Å²) in [5, 5.41) is 0.690. The van der Waals surface area contributed by atoms with Crippen molar-refractivity contribution in [3.05, 3.63) is 0 Å². The lowest BCUT2D eigenvalue weighted by atomic mass is 9.57. The van der Waals surface area contributed by atoms with Crippen LogP contribution in [0, 0.1) is 5.92 Å². The van der Waals surface area contributed by atoms with E-state index in [0.29, 0.717) is 5.31 Å². The Labute approximate surface area is 128 Å². The van der Waals surface area contributed by atoms with E-state index in [0.717, 1.165) is 5.92 Å². The van der Waals surface area contributed by atoms with Crippen LogP contribution >= 0.6 is 0 Å². The third-order valence-corrected chi connectivity index (χ3v) is 6.07. The van der Waals surface area contributed by atoms with Crippen molar-refractivity contribution in [1.29, 1.82) is 0 Å². The summed E-state index contributed by atoms with van der Waals surface area (Å²) >= 11 is 0. The first-order chi connectivity index (χ1) is 9.79. The molecule has 0 nitrogen and oxygen atoms in total. The monoisotopic (exact) mass is 276 g/mol. The lowest BCUT2D eigenvalue weighted by molar-refractivity contribution is 0.284. The van der Waals surface area contributed by atoms with Crippen LogP contribution in [0.4, 0.5) is 0 Å². The molecule has 2 fully saturated rings. The fourth-order valence-electron chi connectivity index (χ4n) is 4.76. The average molecular weight is 276 g/mol. The van der Waals surface area contributed by atoms with Crippen molar-refractivity contribution in [2.45, 2.75) is 114 Å². The summed E-state index contributed by atoms with van der Waals surface area (Å²) in [6.07, 6.45) is 25.7. The van der Waals surface area contributed by atoms with Gasteiger partial charge in [-0.3, -0.25) is 0 Å². The van der Waals surface area contributed by atoms with Gasteiger partial charge in [-0.25, -0.2) is 0 Å². The van der Waals surface area contributed by atoms with Crippen molar-refractivity contribution in [3.63, 3.8) is 0 Å². The van der Waals surface area contributed by atoms with Crippen LogP contribution in [0.15, 0.2) is 0 Å². The van der Waals surface area contributed by atoms with Crippen molar-refractivity contribution < 1.29 is 0 Å². The Kier molecular flexibility index (Phi) is 7.53. The highest BCUT2D eigenvalue weighted by atomic mass is 14.3. The van der Waals surface area contributed by atoms with Gasteiger partial charge in [0.15, 0.2) is 0 Å². The minimum Gasteiger partial charge on any atom is -0.0582 e. The highest BCUT2D eigenvalue weighted by Gasteiger charge is 2.28. The Morgan fingerprint density at radius 3 is 1.50 bits per heavy atom. The Hall–Kier alpha value is 0.0649. The zero-order valence-corrected chi connectivity index (χ0v) is 14.1. The zero-order chi connectivity index (χ0) is 14.1. The summed E-state index contributed by atoms with van der Waals surface area (Å²) < 4.78 is 0. The molecule has 0 aromatic carbocycles. The van der Waals surface area contributed by atoms with Crippen molar-refractivity contribution >= 4 is 7.85 Å². The third kappa shape index (κ3) is 6.23. The second-order valence-corrected chi connectivity index (χ2v) is 8.20. The summed E-state index contributed by atoms with van der Waals surface area (Å²) in [6, 6.07) is 0. The van der Waals surface area contributed by atoms with Crippen molar-refractivity contribution in [1.82, 2.24) is 0 Å². The number of hydrogen-bond donors (Lipinski definition) is 0. The fraction of sp³-hybridized carbons (Fsp3) is 1.00. The van der Waals surface area contributed by atoms with Gasteiger partial charge < -0.3 is 0 Å². The van der Waals surface area contributed by atoms with Crippen LogP contribution in [-0.4, -0.2) is 7.85 Å². The predicted molar refractivity (Wildman–Crippen MR) is 93.2 cm³/mol. The molecule has 0 N–H and O–H groups in total. The fourth-order valence-corrected chi connectivity index (χ4v) is 4.76. The van der Waals surface area contributed by atoms with E-state index in [1.165, 1.54) is 103 Å². The van der Waals surface area contributed by atoms with Gasteiger partial charge >= 0.3 is 0 Å². The molecule has 0 aliphatic heterocycles. The molecular weight excluding hydrogens is 239 g/mol. The van der Waals surface area contributed by atoms with Crippen LogP contribution in [0.1, 0.15) is 109 Å². The van der Waals surface area contributed by atoms with Gasteiger partial charge in [0.1, 0.15) is 7.85 Å². The Morgan fingerprint density at radius 2 is 1.00 bits per heavy atom. The first-order valence-electron chi connectivity index (χ1n) is 9.79. The van der Waals surface area contributed by atoms with Gasteiger partial charge in [0, 0.05) is 0 Å². The van der Waals surface area contributed by atoms with Gasteiger partial charge in [0.25, 0.3) is 0 Å². The molecule has 0 unspecified atom stereocenters. The maximum Gasteiger partial charge on any atom is 0.109 e. The topological polar surface area (TPSA) is 0 Å². The highest BCUT2D eigenvalue weighted by molar-refractivity contribution is 6.15. The van der Waals surface area contributed by atoms with E-state index in [-0.39, 0.29) is 0 Å². The molecule has 0 atom stereocenters. The Balaban J connectivity index is 1.83. The molecule has 2 aliphatic carbocycles. The second-order valence-electron chi connectivity index (χ2n) is 8.20. The summed E-state index contributed by atoms with van der Waals surface area (Å²) in [6.45, 7) is 0. The van der Waals surface area contributed by atoms with E-state index >= 15 is 0 Å². The molecule has 0 saturated heterocycles. The SMILES string of the molecule is BC1(CC2CCCCCCCCC2)CCCCCCC1. The van der Waals surface area contributed by atoms with Crippen LogP contribution in [0.2, 0.25) is 5.31 Å². The van der Waals surface area contributed by atoms with Crippen LogP contribution in [0.25, 0.3) is 0 Å². The molecule has 0 aromatic heterocycles. The summed E-state index contributed by atoms with van der Waals surface area (Å²) in [5.41, 5.74) is 0. The molecule has 2 aliphatic rings. The Bertz CT molecular complexity index is 230. The first kappa shape index (κ1) is 16.4. The van der Waals surface area contributed by atoms with Crippen LogP contribution in [0.3, 0.4) is 0 Å². The molecule has 0 bridgehead atoms. The molecular formula is C19H37B. The molecule has 116 valence electrons. The standard InChI is InChI=1S/C19H37B/c20-19(15-11-7-4-8-12-16-19)17-18-13-9-5-2-1-3-6-10-14-18/h18H,1-17,20H2. The maximum atomic E-state index is 2.62. The van der Waals surface area contributed by atoms with E-state index in [4.69, 9.17) is 0 Å². The minimum absolute atomic E-state index is 0.690. The molecule has 1 heteroatoms. The molecule has 0 radical (unpaired) electrons. The number of hydrogen-bond acceptors (Lipinski definition) is 0. The molecule has 2 saturated carbocycles. The van der Waals surface area contributed by atoms with E-state index in [2.05, 4.69) is 7.85 Å². The summed E-state index contributed by atoms with van der Waals surface area (Å²) in [4.78, 5) is 0. The highest BCUT2D eigenvalue weighted by Crippen LogP contribution is 2.45. The lowest BCUT2D eigenvalue weighted by Gasteiger charge is -2.35. The van der Waals surface area contributed by atoms with E-state index in [1.807, 2.05) is 0 Å². The molecule has 2 rings (SSSR count). The smallest absolute Gasteiger partial charge is 0.0582 e. The van der Waals surface area contributed by atoms with Crippen LogP contribution in [0.5, 0.6) is 0 Å². The molecule has 0 amide bonds. The molecule has 0 spiro atoms. The van der Waals surface area contributed by atoms with Gasteiger partial charge in [0.2, 0.25) is 0 Å². The van der Waals surface area contributed by atoms with Gasteiger partial charge in [-0.2, -0.15) is 0 Å². The van der Waals surface area contributed by atoms with Crippen molar-refractivity contribution in [3.8, 4) is 0 Å². The molecule has 0 heterocycles. The zero-order valence-electron chi connectivity index (χ0n) is 14.1. The molecule has 0 aromatic rings. The quantitative estimate of drug-likeness (QED) is 0.538. The summed E-state index contributed by atoms with van der Waals surface area (Å²) in [5.74, 6) is 1.05. The predicted octanol–water partition coefficient (Wildman–Crippen LogP) is 6.05. The van der Waals surface area contributed by atoms with Gasteiger partial charge in [-0.05, 0) is 5.92 Å². The van der Waals surface area contributed by atoms with Crippen molar-refractivity contribution in [2.75, 3.05) is 0 Å². The van der Waals surface area contributed by atoms with Crippen LogP contribution in [-0.2, 0) is 0 Å². The van der Waals surface area contributed by atoms with E-state index < -0.39 is 0 Å². The molecule has 20 heavy (non-hydrogen) atoms. The van der Waals surface area contributed by atoms with Gasteiger partial charge in [-0.1, -0.05) is 114 Å². The third-order valence-electron chi connectivity index (χ3n) is 6.07. The first-order valence-corrected chi connectivity index (χ1v) is 9.79. The second kappa shape index (κ2) is 9.16. The summed E-state index contributed by atoms with van der Waals surface area (Å²) in [7, 11) is 2.62. The van der Waals surface area contributed by atoms with E-state index in [1.54, 1.807) is 6.42 Å². The minimum atomic E-state index is 0.690. The Morgan fingerprint density at radius 1 is 0.600 bits per heavy atom. The maximum absolute atomic E-state index is 2.62. The number of rotatable bonds is 2. The van der Waals surface area contributed by atoms with Crippen LogP contribution < -0.4 is 0 Å². The largest absolute Gasteiger partial charge is 0.109 e. The van der Waals surface area contributed by atoms with Gasteiger partial charge in [-0.15, -0.1) is 0 Å². The van der Waals surface area contributed by atoms with E-state index in [9.17, 15) is 0 Å².